The summed E-state index contributed by atoms with van der Waals surface area (Å²) in [4.78, 5) is 23.3. The molecule has 0 spiro atoms. The summed E-state index contributed by atoms with van der Waals surface area (Å²) < 4.78 is 15.8. The van der Waals surface area contributed by atoms with E-state index in [0.717, 1.165) is 11.6 Å². The Morgan fingerprint density at radius 1 is 1.19 bits per heavy atom. The molecule has 6 heteroatoms. The predicted octanol–water partition coefficient (Wildman–Crippen LogP) is 3.15. The van der Waals surface area contributed by atoms with Crippen LogP contribution in [0.4, 0.5) is 0 Å². The number of benzene rings is 1. The van der Waals surface area contributed by atoms with Gasteiger partial charge in [0.1, 0.15) is 5.75 Å². The predicted molar refractivity (Wildman–Crippen MR) is 80.9 cm³/mol. The van der Waals surface area contributed by atoms with Crippen molar-refractivity contribution in [1.82, 2.24) is 0 Å². The molecule has 0 bridgehead atoms. The van der Waals surface area contributed by atoms with Crippen molar-refractivity contribution in [3.8, 4) is 5.75 Å². The molecule has 0 aliphatic carbocycles. The van der Waals surface area contributed by atoms with E-state index in [1.54, 1.807) is 19.9 Å². The molecule has 0 N–H and O–H groups in total. The van der Waals surface area contributed by atoms with Crippen LogP contribution in [0.2, 0.25) is 0 Å². The van der Waals surface area contributed by atoms with Crippen LogP contribution in [-0.4, -0.2) is 25.2 Å². The monoisotopic (exact) mass is 356 g/mol. The number of rotatable bonds is 6. The molecule has 1 rings (SSSR count). The number of ether oxygens (including phenoxy) is 3. The molecule has 0 unspecified atom stereocenters. The van der Waals surface area contributed by atoms with E-state index >= 15 is 0 Å². The zero-order chi connectivity index (χ0) is 15.8. The van der Waals surface area contributed by atoms with Crippen LogP contribution in [0.15, 0.2) is 34.5 Å². The van der Waals surface area contributed by atoms with Gasteiger partial charge in [-0.1, -0.05) is 6.07 Å². The quantitative estimate of drug-likeness (QED) is 0.445. The SMILES string of the molecule is CCOC(=O)C=C(Oc1ccc(C)cc1Br)C(=O)OCC. The molecule has 0 saturated heterocycles. The third-order valence-corrected chi connectivity index (χ3v) is 2.94. The van der Waals surface area contributed by atoms with Crippen LogP contribution in [0.5, 0.6) is 5.75 Å². The molecule has 5 nitrogen and oxygen atoms in total. The molecule has 0 atom stereocenters. The van der Waals surface area contributed by atoms with Gasteiger partial charge in [-0.3, -0.25) is 0 Å². The van der Waals surface area contributed by atoms with Gasteiger partial charge in [-0.15, -0.1) is 0 Å². The highest BCUT2D eigenvalue weighted by Gasteiger charge is 2.17. The maximum atomic E-state index is 11.8. The van der Waals surface area contributed by atoms with Crippen molar-refractivity contribution >= 4 is 27.9 Å². The first-order valence-corrected chi connectivity index (χ1v) is 7.26. The number of carbonyl (C=O) groups is 2. The van der Waals surface area contributed by atoms with Crippen LogP contribution >= 0.6 is 15.9 Å². The van der Waals surface area contributed by atoms with Crippen LogP contribution in [0.3, 0.4) is 0 Å². The topological polar surface area (TPSA) is 61.8 Å². The number of hydrogen-bond acceptors (Lipinski definition) is 5. The van der Waals surface area contributed by atoms with Gasteiger partial charge in [0.05, 0.1) is 23.8 Å². The maximum absolute atomic E-state index is 11.8. The van der Waals surface area contributed by atoms with Gasteiger partial charge in [0.15, 0.2) is 0 Å². The van der Waals surface area contributed by atoms with E-state index in [2.05, 4.69) is 15.9 Å². The summed E-state index contributed by atoms with van der Waals surface area (Å²) >= 11 is 3.34. The smallest absolute Gasteiger partial charge is 0.374 e. The second-order valence-corrected chi connectivity index (χ2v) is 4.87. The van der Waals surface area contributed by atoms with E-state index in [-0.39, 0.29) is 19.0 Å². The lowest BCUT2D eigenvalue weighted by atomic mass is 10.2. The first-order chi connectivity index (χ1) is 9.97. The summed E-state index contributed by atoms with van der Waals surface area (Å²) in [7, 11) is 0. The molecule has 21 heavy (non-hydrogen) atoms. The van der Waals surface area contributed by atoms with Crippen molar-refractivity contribution in [2.45, 2.75) is 20.8 Å². The third-order valence-electron chi connectivity index (χ3n) is 2.32. The van der Waals surface area contributed by atoms with Gasteiger partial charge >= 0.3 is 11.9 Å². The zero-order valence-electron chi connectivity index (χ0n) is 12.1. The van der Waals surface area contributed by atoms with Crippen molar-refractivity contribution in [3.05, 3.63) is 40.1 Å². The first-order valence-electron chi connectivity index (χ1n) is 6.47. The normalized spacial score (nSPS) is 11.0. The average Bonchev–Trinajstić information content (AvgIpc) is 2.41. The number of esters is 2. The minimum atomic E-state index is -0.724. The molecular formula is C15H17BrO5. The molecule has 0 heterocycles. The standard InChI is InChI=1S/C15H17BrO5/c1-4-19-14(17)9-13(15(18)20-5-2)21-12-7-6-10(3)8-11(12)16/h6-9H,4-5H2,1-3H3. The van der Waals surface area contributed by atoms with Crippen molar-refractivity contribution in [1.29, 1.82) is 0 Å². The molecule has 0 aromatic heterocycles. The average molecular weight is 357 g/mol. The Morgan fingerprint density at radius 3 is 2.43 bits per heavy atom. The van der Waals surface area contributed by atoms with Gasteiger partial charge in [-0.05, 0) is 54.4 Å². The minimum Gasteiger partial charge on any atom is -0.463 e. The summed E-state index contributed by atoms with van der Waals surface area (Å²) in [6, 6.07) is 5.35. The minimum absolute atomic E-state index is 0.178. The summed E-state index contributed by atoms with van der Waals surface area (Å²) in [6.45, 7) is 5.65. The van der Waals surface area contributed by atoms with Crippen LogP contribution in [0.1, 0.15) is 19.4 Å². The van der Waals surface area contributed by atoms with E-state index in [0.29, 0.717) is 10.2 Å². The lowest BCUT2D eigenvalue weighted by Crippen LogP contribution is -2.15. The van der Waals surface area contributed by atoms with Crippen LogP contribution < -0.4 is 4.74 Å². The van der Waals surface area contributed by atoms with Gasteiger partial charge in [0, 0.05) is 0 Å². The van der Waals surface area contributed by atoms with E-state index in [1.165, 1.54) is 0 Å². The fourth-order valence-corrected chi connectivity index (χ4v) is 2.00. The number of carbonyl (C=O) groups excluding carboxylic acids is 2. The lowest BCUT2D eigenvalue weighted by Gasteiger charge is -2.11. The summed E-state index contributed by atoms with van der Waals surface area (Å²) in [5.41, 5.74) is 1.03. The molecule has 1 aromatic carbocycles. The van der Waals surface area contributed by atoms with Gasteiger partial charge in [0.2, 0.25) is 5.76 Å². The Hall–Kier alpha value is -1.82. The Morgan fingerprint density at radius 2 is 1.86 bits per heavy atom. The van der Waals surface area contributed by atoms with Gasteiger partial charge in [-0.25, -0.2) is 9.59 Å². The van der Waals surface area contributed by atoms with E-state index < -0.39 is 11.9 Å². The second kappa shape index (κ2) is 8.46. The largest absolute Gasteiger partial charge is 0.463 e. The number of aryl methyl sites for hydroxylation is 1. The summed E-state index contributed by atoms with van der Waals surface area (Å²) in [5.74, 6) is -1.20. The first kappa shape index (κ1) is 17.2. The number of hydrogen-bond donors (Lipinski definition) is 0. The fraction of sp³-hybridized carbons (Fsp3) is 0.333. The zero-order valence-corrected chi connectivity index (χ0v) is 13.7. The summed E-state index contributed by atoms with van der Waals surface area (Å²) in [6.07, 6.45) is 0.980. The van der Waals surface area contributed by atoms with Crippen LogP contribution in [0.25, 0.3) is 0 Å². The Balaban J connectivity index is 3.01. The van der Waals surface area contributed by atoms with Crippen molar-refractivity contribution in [2.75, 3.05) is 13.2 Å². The number of halogens is 1. The van der Waals surface area contributed by atoms with Gasteiger partial charge < -0.3 is 14.2 Å². The molecule has 0 aliphatic heterocycles. The Kier molecular flexibility index (Phi) is 6.94. The second-order valence-electron chi connectivity index (χ2n) is 4.02. The highest BCUT2D eigenvalue weighted by atomic mass is 79.9. The van der Waals surface area contributed by atoms with Crippen molar-refractivity contribution < 1.29 is 23.8 Å². The molecule has 0 saturated carbocycles. The van der Waals surface area contributed by atoms with Gasteiger partial charge in [0.25, 0.3) is 0 Å². The Bertz CT molecular complexity index is 551. The van der Waals surface area contributed by atoms with Crippen LogP contribution in [-0.2, 0) is 19.1 Å². The van der Waals surface area contributed by atoms with E-state index in [4.69, 9.17) is 14.2 Å². The fourth-order valence-electron chi connectivity index (χ4n) is 1.43. The molecule has 1 aromatic rings. The Labute approximate surface area is 132 Å². The van der Waals surface area contributed by atoms with Crippen molar-refractivity contribution in [2.24, 2.45) is 0 Å². The summed E-state index contributed by atoms with van der Waals surface area (Å²) in [5, 5.41) is 0. The highest BCUT2D eigenvalue weighted by Crippen LogP contribution is 2.27. The molecule has 0 radical (unpaired) electrons. The molecular weight excluding hydrogens is 340 g/mol. The molecule has 114 valence electrons. The molecule has 0 aliphatic rings. The third kappa shape index (κ3) is 5.59. The lowest BCUT2D eigenvalue weighted by molar-refractivity contribution is -0.143. The van der Waals surface area contributed by atoms with E-state index in [1.807, 2.05) is 19.1 Å². The highest BCUT2D eigenvalue weighted by molar-refractivity contribution is 9.10. The van der Waals surface area contributed by atoms with Crippen molar-refractivity contribution in [3.63, 3.8) is 0 Å². The van der Waals surface area contributed by atoms with Gasteiger partial charge in [-0.2, -0.15) is 0 Å². The van der Waals surface area contributed by atoms with E-state index in [9.17, 15) is 9.59 Å². The maximum Gasteiger partial charge on any atom is 0.374 e. The molecule has 0 fully saturated rings. The van der Waals surface area contributed by atoms with Crippen LogP contribution in [0, 0.1) is 6.92 Å². The molecule has 0 amide bonds.